The Bertz CT molecular complexity index is 694. The molecule has 0 unspecified atom stereocenters. The van der Waals surface area contributed by atoms with E-state index in [0.717, 1.165) is 42.9 Å². The number of carbonyl (C=O) groups is 2. The molecular formula is C18H22N4O2. The second kappa shape index (κ2) is 6.26. The lowest BCUT2D eigenvalue weighted by Gasteiger charge is -2.39. The van der Waals surface area contributed by atoms with Gasteiger partial charge in [0.05, 0.1) is 5.69 Å². The maximum absolute atomic E-state index is 12.9. The first-order chi connectivity index (χ1) is 11.7. The zero-order valence-electron chi connectivity index (χ0n) is 13.7. The summed E-state index contributed by atoms with van der Waals surface area (Å²) in [5.41, 5.74) is 1.71. The van der Waals surface area contributed by atoms with E-state index >= 15 is 0 Å². The van der Waals surface area contributed by atoms with Crippen molar-refractivity contribution in [3.63, 3.8) is 0 Å². The molecule has 6 heteroatoms. The van der Waals surface area contributed by atoms with Crippen LogP contribution in [-0.4, -0.2) is 48.3 Å². The van der Waals surface area contributed by atoms with Crippen molar-refractivity contribution in [1.29, 1.82) is 0 Å². The van der Waals surface area contributed by atoms with Crippen molar-refractivity contribution in [1.82, 2.24) is 10.2 Å². The summed E-state index contributed by atoms with van der Waals surface area (Å²) in [5.74, 6) is 0.664. The molecule has 24 heavy (non-hydrogen) atoms. The van der Waals surface area contributed by atoms with Crippen LogP contribution in [0.3, 0.4) is 0 Å². The van der Waals surface area contributed by atoms with Gasteiger partial charge in [-0.3, -0.25) is 19.6 Å². The van der Waals surface area contributed by atoms with Crippen molar-refractivity contribution in [2.24, 2.45) is 4.99 Å². The Kier molecular flexibility index (Phi) is 3.96. The summed E-state index contributed by atoms with van der Waals surface area (Å²) < 4.78 is 0. The Morgan fingerprint density at radius 3 is 2.83 bits per heavy atom. The van der Waals surface area contributed by atoms with Crippen LogP contribution in [0.15, 0.2) is 29.3 Å². The van der Waals surface area contributed by atoms with Crippen molar-refractivity contribution in [3.8, 4) is 0 Å². The summed E-state index contributed by atoms with van der Waals surface area (Å²) in [6, 6.07) is 7.83. The predicted octanol–water partition coefficient (Wildman–Crippen LogP) is 2.14. The molecule has 0 atom stereocenters. The van der Waals surface area contributed by atoms with Crippen LogP contribution < -0.4 is 10.2 Å². The minimum absolute atomic E-state index is 0.0656. The molecule has 2 aliphatic heterocycles. The highest BCUT2D eigenvalue weighted by molar-refractivity contribution is 6.20. The molecule has 0 spiro atoms. The van der Waals surface area contributed by atoms with E-state index in [0.29, 0.717) is 6.54 Å². The molecule has 6 nitrogen and oxygen atoms in total. The molecule has 1 saturated carbocycles. The van der Waals surface area contributed by atoms with E-state index in [4.69, 9.17) is 0 Å². The van der Waals surface area contributed by atoms with Crippen molar-refractivity contribution in [3.05, 3.63) is 29.8 Å². The molecule has 1 aliphatic carbocycles. The summed E-state index contributed by atoms with van der Waals surface area (Å²) >= 11 is 0. The lowest BCUT2D eigenvalue weighted by molar-refractivity contribution is -0.120. The first kappa shape index (κ1) is 15.2. The van der Waals surface area contributed by atoms with Gasteiger partial charge in [-0.25, -0.2) is 4.79 Å². The normalized spacial score (nSPS) is 20.5. The number of amides is 3. The number of benzene rings is 1. The minimum Gasteiger partial charge on any atom is -0.352 e. The molecule has 2 heterocycles. The van der Waals surface area contributed by atoms with Crippen LogP contribution >= 0.6 is 0 Å². The van der Waals surface area contributed by atoms with Gasteiger partial charge < -0.3 is 5.32 Å². The molecule has 0 saturated heterocycles. The second-order valence-electron chi connectivity index (χ2n) is 6.65. The van der Waals surface area contributed by atoms with E-state index in [2.05, 4.69) is 10.3 Å². The maximum Gasteiger partial charge on any atom is 0.330 e. The number of nitrogens with zero attached hydrogens (tertiary/aromatic N) is 3. The molecule has 1 aromatic carbocycles. The van der Waals surface area contributed by atoms with Crippen LogP contribution in [0.4, 0.5) is 10.5 Å². The third-order valence-corrected chi connectivity index (χ3v) is 4.98. The summed E-state index contributed by atoms with van der Waals surface area (Å²) in [6.45, 7) is 1.47. The lowest BCUT2D eigenvalue weighted by atomic mass is 10.1. The van der Waals surface area contributed by atoms with E-state index in [9.17, 15) is 9.59 Å². The quantitative estimate of drug-likeness (QED) is 0.925. The summed E-state index contributed by atoms with van der Waals surface area (Å²) in [7, 11) is 0. The number of hydrogen-bond donors (Lipinski definition) is 1. The first-order valence-electron chi connectivity index (χ1n) is 8.76. The molecular weight excluding hydrogens is 304 g/mol. The van der Waals surface area contributed by atoms with Gasteiger partial charge in [-0.15, -0.1) is 0 Å². The topological polar surface area (TPSA) is 65.0 Å². The summed E-state index contributed by atoms with van der Waals surface area (Å²) in [4.78, 5) is 33.1. The fraction of sp³-hybridized carbons (Fsp3) is 0.500. The molecule has 0 radical (unpaired) electrons. The largest absolute Gasteiger partial charge is 0.352 e. The molecule has 1 fully saturated rings. The molecule has 1 aromatic rings. The van der Waals surface area contributed by atoms with Crippen LogP contribution in [0, 0.1) is 0 Å². The number of rotatable bonds is 3. The molecule has 3 aliphatic rings. The van der Waals surface area contributed by atoms with Crippen molar-refractivity contribution in [2.45, 2.75) is 38.1 Å². The molecule has 126 valence electrons. The molecule has 0 bridgehead atoms. The molecule has 1 N–H and O–H groups in total. The van der Waals surface area contributed by atoms with E-state index < -0.39 is 0 Å². The highest BCUT2D eigenvalue weighted by atomic mass is 16.2. The first-order valence-corrected chi connectivity index (χ1v) is 8.76. The van der Waals surface area contributed by atoms with Gasteiger partial charge in [0.1, 0.15) is 12.4 Å². The van der Waals surface area contributed by atoms with Gasteiger partial charge >= 0.3 is 6.03 Å². The fourth-order valence-corrected chi connectivity index (χ4v) is 3.81. The van der Waals surface area contributed by atoms with Gasteiger partial charge in [-0.2, -0.15) is 0 Å². The van der Waals surface area contributed by atoms with E-state index in [1.165, 1.54) is 12.8 Å². The Morgan fingerprint density at radius 2 is 2.00 bits per heavy atom. The standard InChI is InChI=1S/C18H22N4O2/c23-16(20-13-6-1-2-7-13)12-22-15-9-4-3-8-14(15)17-19-10-5-11-21(17)18(22)24/h3-4,8-9,13H,1-2,5-7,10-12H2,(H,20,23). The fourth-order valence-electron chi connectivity index (χ4n) is 3.81. The number of para-hydroxylation sites is 1. The smallest absolute Gasteiger partial charge is 0.330 e. The van der Waals surface area contributed by atoms with Gasteiger partial charge in [0.2, 0.25) is 5.91 Å². The van der Waals surface area contributed by atoms with E-state index in [1.807, 2.05) is 24.3 Å². The number of anilines is 1. The van der Waals surface area contributed by atoms with Gasteiger partial charge in [0.25, 0.3) is 0 Å². The SMILES string of the molecule is O=C(CN1C(=O)N2CCCN=C2c2ccccc21)NC1CCCC1. The van der Waals surface area contributed by atoms with Crippen molar-refractivity contribution in [2.75, 3.05) is 24.5 Å². The van der Waals surface area contributed by atoms with Crippen molar-refractivity contribution < 1.29 is 9.59 Å². The Labute approximate surface area is 141 Å². The summed E-state index contributed by atoms with van der Waals surface area (Å²) in [6.07, 6.45) is 5.28. The average Bonchev–Trinajstić information content (AvgIpc) is 3.11. The molecule has 3 amide bonds. The van der Waals surface area contributed by atoms with Crippen LogP contribution in [0.2, 0.25) is 0 Å². The van der Waals surface area contributed by atoms with Gasteiger partial charge in [-0.1, -0.05) is 25.0 Å². The highest BCUT2D eigenvalue weighted by Gasteiger charge is 2.37. The second-order valence-corrected chi connectivity index (χ2v) is 6.65. The lowest BCUT2D eigenvalue weighted by Crippen LogP contribution is -2.55. The zero-order valence-corrected chi connectivity index (χ0v) is 13.7. The summed E-state index contributed by atoms with van der Waals surface area (Å²) in [5, 5.41) is 3.07. The van der Waals surface area contributed by atoms with Crippen LogP contribution in [0.5, 0.6) is 0 Å². The highest BCUT2D eigenvalue weighted by Crippen LogP contribution is 2.30. The van der Waals surface area contributed by atoms with Crippen LogP contribution in [-0.2, 0) is 4.79 Å². The number of aliphatic imine (C=N–C) groups is 1. The van der Waals surface area contributed by atoms with Crippen molar-refractivity contribution >= 4 is 23.5 Å². The average molecular weight is 326 g/mol. The zero-order chi connectivity index (χ0) is 16.5. The predicted molar refractivity (Wildman–Crippen MR) is 92.3 cm³/mol. The molecule has 0 aromatic heterocycles. The Hall–Kier alpha value is -2.37. The Morgan fingerprint density at radius 1 is 1.21 bits per heavy atom. The maximum atomic E-state index is 12.9. The number of nitrogens with one attached hydrogen (secondary N) is 1. The number of carbonyl (C=O) groups excluding carboxylic acids is 2. The van der Waals surface area contributed by atoms with Gasteiger partial charge in [-0.05, 0) is 31.4 Å². The van der Waals surface area contributed by atoms with Gasteiger partial charge in [0, 0.05) is 24.7 Å². The third kappa shape index (κ3) is 2.66. The molecule has 4 rings (SSSR count). The number of fused-ring (bicyclic) bond motifs is 3. The van der Waals surface area contributed by atoms with Crippen LogP contribution in [0.25, 0.3) is 0 Å². The van der Waals surface area contributed by atoms with E-state index in [1.54, 1.807) is 9.80 Å². The number of hydrogen-bond acceptors (Lipinski definition) is 3. The number of urea groups is 1. The van der Waals surface area contributed by atoms with Crippen LogP contribution in [0.1, 0.15) is 37.7 Å². The third-order valence-electron chi connectivity index (χ3n) is 4.98. The van der Waals surface area contributed by atoms with E-state index in [-0.39, 0.29) is 24.5 Å². The minimum atomic E-state index is -0.145. The monoisotopic (exact) mass is 326 g/mol. The van der Waals surface area contributed by atoms with Gasteiger partial charge in [0.15, 0.2) is 0 Å². The number of amidine groups is 1. The Balaban J connectivity index is 1.59.